The predicted octanol–water partition coefficient (Wildman–Crippen LogP) is 4.08. The van der Waals surface area contributed by atoms with E-state index in [-0.39, 0.29) is 5.78 Å². The first-order chi connectivity index (χ1) is 15.4. The minimum Gasteiger partial charge on any atom is -0.370 e. The molecular formula is C27H26N4O. The molecule has 2 N–H and O–H groups in total. The summed E-state index contributed by atoms with van der Waals surface area (Å²) in [5.41, 5.74) is 5.89. The predicted molar refractivity (Wildman–Crippen MR) is 127 cm³/mol. The van der Waals surface area contributed by atoms with E-state index in [9.17, 15) is 10.1 Å². The molecule has 5 rings (SSSR count). The number of carbonyl (C=O) groups is 1. The normalized spacial score (nSPS) is 17.5. The van der Waals surface area contributed by atoms with Crippen LogP contribution < -0.4 is 10.2 Å². The van der Waals surface area contributed by atoms with Crippen LogP contribution in [0.15, 0.2) is 30.3 Å². The fourth-order valence-corrected chi connectivity index (χ4v) is 5.31. The van der Waals surface area contributed by atoms with Crippen molar-refractivity contribution < 1.29 is 4.79 Å². The van der Waals surface area contributed by atoms with Gasteiger partial charge < -0.3 is 15.2 Å². The van der Waals surface area contributed by atoms with Gasteiger partial charge in [-0.15, -0.1) is 6.42 Å². The number of fused-ring (bicyclic) bond motifs is 4. The van der Waals surface area contributed by atoms with Gasteiger partial charge in [0.15, 0.2) is 5.78 Å². The maximum atomic E-state index is 13.7. The first kappa shape index (κ1) is 20.4. The van der Waals surface area contributed by atoms with Gasteiger partial charge in [-0.05, 0) is 49.7 Å². The number of rotatable bonds is 2. The summed E-state index contributed by atoms with van der Waals surface area (Å²) in [6, 6.07) is 12.4. The number of ketones is 1. The summed E-state index contributed by atoms with van der Waals surface area (Å²) in [7, 11) is 2.00. The van der Waals surface area contributed by atoms with Gasteiger partial charge in [-0.25, -0.2) is 0 Å². The molecule has 0 atom stereocenters. The number of aromatic nitrogens is 1. The lowest BCUT2D eigenvalue weighted by Crippen LogP contribution is -2.41. The summed E-state index contributed by atoms with van der Waals surface area (Å²) in [6.45, 7) is 6.05. The van der Waals surface area contributed by atoms with Crippen LogP contribution in [0.4, 0.5) is 5.69 Å². The SMILES string of the molecule is C#Cc1ccc2c3c([nH]c2c1)C(C)(C)c1cc(N2CCC(NC)CC2)c(C#N)cc1C3=O. The summed E-state index contributed by atoms with van der Waals surface area (Å²) >= 11 is 0. The number of aromatic amines is 1. The molecule has 5 nitrogen and oxygen atoms in total. The summed E-state index contributed by atoms with van der Waals surface area (Å²) < 4.78 is 0. The van der Waals surface area contributed by atoms with E-state index in [2.05, 4.69) is 47.1 Å². The van der Waals surface area contributed by atoms with Crippen LogP contribution in [-0.2, 0) is 5.41 Å². The van der Waals surface area contributed by atoms with Crippen LogP contribution in [0, 0.1) is 23.7 Å². The van der Waals surface area contributed by atoms with Crippen molar-refractivity contribution in [1.29, 1.82) is 5.26 Å². The number of piperidine rings is 1. The van der Waals surface area contributed by atoms with Gasteiger partial charge in [-0.1, -0.05) is 25.8 Å². The molecule has 2 aromatic carbocycles. The van der Waals surface area contributed by atoms with E-state index in [0.29, 0.717) is 22.7 Å². The second-order valence-electron chi connectivity index (χ2n) is 9.31. The molecule has 0 saturated carbocycles. The standard InChI is InChI=1S/C27H26N4O/c1-5-16-6-7-19-22(12-16)30-26-24(19)25(32)20-13-17(15-28)23(14-21(20)27(26,2)3)31-10-8-18(29-4)9-11-31/h1,6-7,12-14,18,29-30H,8-11H2,2-4H3. The number of nitriles is 1. The molecule has 1 fully saturated rings. The van der Waals surface area contributed by atoms with E-state index in [1.807, 2.05) is 25.2 Å². The third-order valence-electron chi connectivity index (χ3n) is 7.24. The van der Waals surface area contributed by atoms with Gasteiger partial charge in [0.1, 0.15) is 6.07 Å². The Morgan fingerprint density at radius 3 is 2.62 bits per heavy atom. The summed E-state index contributed by atoms with van der Waals surface area (Å²) in [5.74, 6) is 2.63. The molecule has 1 aliphatic carbocycles. The van der Waals surface area contributed by atoms with Crippen LogP contribution in [0.3, 0.4) is 0 Å². The molecule has 1 saturated heterocycles. The van der Waals surface area contributed by atoms with Crippen molar-refractivity contribution in [2.45, 2.75) is 38.1 Å². The Hall–Kier alpha value is -3.54. The zero-order valence-electron chi connectivity index (χ0n) is 18.7. The van der Waals surface area contributed by atoms with Crippen molar-refractivity contribution in [2.24, 2.45) is 0 Å². The van der Waals surface area contributed by atoms with Crippen LogP contribution in [0.25, 0.3) is 10.9 Å². The highest BCUT2D eigenvalue weighted by Crippen LogP contribution is 2.45. The maximum absolute atomic E-state index is 13.7. The van der Waals surface area contributed by atoms with E-state index in [0.717, 1.165) is 59.3 Å². The van der Waals surface area contributed by atoms with E-state index in [4.69, 9.17) is 6.42 Å². The van der Waals surface area contributed by atoms with Gasteiger partial charge in [0.05, 0.1) is 16.8 Å². The minimum atomic E-state index is -0.417. The van der Waals surface area contributed by atoms with E-state index in [1.165, 1.54) is 0 Å². The fraction of sp³-hybridized carbons (Fsp3) is 0.333. The first-order valence-corrected chi connectivity index (χ1v) is 11.1. The quantitative estimate of drug-likeness (QED) is 0.611. The molecule has 2 heterocycles. The number of carbonyl (C=O) groups excluding carboxylic acids is 1. The summed E-state index contributed by atoms with van der Waals surface area (Å²) in [4.78, 5) is 19.4. The number of hydrogen-bond donors (Lipinski definition) is 2. The first-order valence-electron chi connectivity index (χ1n) is 11.1. The molecule has 0 unspecified atom stereocenters. The third-order valence-corrected chi connectivity index (χ3v) is 7.24. The van der Waals surface area contributed by atoms with Gasteiger partial charge in [-0.3, -0.25) is 4.79 Å². The van der Waals surface area contributed by atoms with Crippen molar-refractivity contribution in [3.05, 3.63) is 63.8 Å². The zero-order valence-corrected chi connectivity index (χ0v) is 18.7. The van der Waals surface area contributed by atoms with Crippen LogP contribution in [0.5, 0.6) is 0 Å². The van der Waals surface area contributed by atoms with Crippen LogP contribution in [0.2, 0.25) is 0 Å². The Balaban J connectivity index is 1.67. The van der Waals surface area contributed by atoms with Crippen molar-refractivity contribution in [1.82, 2.24) is 10.3 Å². The van der Waals surface area contributed by atoms with Gasteiger partial charge in [0.2, 0.25) is 0 Å². The average molecular weight is 423 g/mol. The molecule has 0 spiro atoms. The lowest BCUT2D eigenvalue weighted by molar-refractivity contribution is 0.103. The highest BCUT2D eigenvalue weighted by molar-refractivity contribution is 6.20. The van der Waals surface area contributed by atoms with Crippen molar-refractivity contribution in [3.8, 4) is 18.4 Å². The Morgan fingerprint density at radius 2 is 1.97 bits per heavy atom. The Bertz CT molecular complexity index is 1340. The number of hydrogen-bond acceptors (Lipinski definition) is 4. The molecule has 0 bridgehead atoms. The Labute approximate surface area is 188 Å². The highest BCUT2D eigenvalue weighted by Gasteiger charge is 2.40. The summed E-state index contributed by atoms with van der Waals surface area (Å²) in [6.07, 6.45) is 7.64. The maximum Gasteiger partial charge on any atom is 0.195 e. The monoisotopic (exact) mass is 422 g/mol. The lowest BCUT2D eigenvalue weighted by Gasteiger charge is -2.37. The topological polar surface area (TPSA) is 71.9 Å². The van der Waals surface area contributed by atoms with Crippen LogP contribution >= 0.6 is 0 Å². The van der Waals surface area contributed by atoms with E-state index in [1.54, 1.807) is 6.07 Å². The van der Waals surface area contributed by atoms with Crippen molar-refractivity contribution >= 4 is 22.4 Å². The number of benzene rings is 2. The molecule has 5 heteroatoms. The largest absolute Gasteiger partial charge is 0.370 e. The Kier molecular flexibility index (Phi) is 4.62. The molecule has 0 radical (unpaired) electrons. The zero-order chi connectivity index (χ0) is 22.6. The van der Waals surface area contributed by atoms with Crippen molar-refractivity contribution in [2.75, 3.05) is 25.0 Å². The molecule has 0 amide bonds. The minimum absolute atomic E-state index is 0.0361. The summed E-state index contributed by atoms with van der Waals surface area (Å²) in [5, 5.41) is 14.2. The molecular weight excluding hydrogens is 396 g/mol. The number of anilines is 1. The van der Waals surface area contributed by atoms with E-state index >= 15 is 0 Å². The van der Waals surface area contributed by atoms with Crippen LogP contribution in [0.1, 0.15) is 65.0 Å². The second-order valence-corrected chi connectivity index (χ2v) is 9.31. The lowest BCUT2D eigenvalue weighted by atomic mass is 9.70. The Morgan fingerprint density at radius 1 is 1.22 bits per heavy atom. The molecule has 1 aromatic heterocycles. The highest BCUT2D eigenvalue weighted by atomic mass is 16.1. The molecule has 3 aromatic rings. The van der Waals surface area contributed by atoms with Crippen LogP contribution in [-0.4, -0.2) is 36.9 Å². The molecule has 1 aliphatic heterocycles. The number of H-pyrrole nitrogens is 1. The van der Waals surface area contributed by atoms with Gasteiger partial charge in [-0.2, -0.15) is 5.26 Å². The number of terminal acetylenes is 1. The molecule has 2 aliphatic rings. The number of nitrogens with zero attached hydrogens (tertiary/aromatic N) is 2. The number of nitrogens with one attached hydrogen (secondary N) is 2. The fourth-order valence-electron chi connectivity index (χ4n) is 5.31. The second kappa shape index (κ2) is 7.26. The van der Waals surface area contributed by atoms with Gasteiger partial charge >= 0.3 is 0 Å². The van der Waals surface area contributed by atoms with Gasteiger partial charge in [0.25, 0.3) is 0 Å². The van der Waals surface area contributed by atoms with Crippen molar-refractivity contribution in [3.63, 3.8) is 0 Å². The molecule has 32 heavy (non-hydrogen) atoms. The van der Waals surface area contributed by atoms with E-state index < -0.39 is 5.41 Å². The molecule has 160 valence electrons. The average Bonchev–Trinajstić information content (AvgIpc) is 3.22. The third kappa shape index (κ3) is 2.86. The smallest absolute Gasteiger partial charge is 0.195 e. The van der Waals surface area contributed by atoms with Gasteiger partial charge in [0, 0.05) is 52.3 Å².